The van der Waals surface area contributed by atoms with Gasteiger partial charge >= 0.3 is 0 Å². The average molecular weight is 196 g/mol. The molecule has 0 spiro atoms. The minimum absolute atomic E-state index is 0.182. The Morgan fingerprint density at radius 2 is 2.23 bits per heavy atom. The van der Waals surface area contributed by atoms with Gasteiger partial charge in [-0.3, -0.25) is 0 Å². The van der Waals surface area contributed by atoms with Crippen LogP contribution in [-0.4, -0.2) is 7.11 Å². The zero-order valence-electron chi connectivity index (χ0n) is 7.21. The van der Waals surface area contributed by atoms with E-state index in [0.717, 1.165) is 15.0 Å². The summed E-state index contributed by atoms with van der Waals surface area (Å²) in [6.07, 6.45) is 0. The highest BCUT2D eigenvalue weighted by Crippen LogP contribution is 2.26. The van der Waals surface area contributed by atoms with Crippen LogP contribution < -0.4 is 0 Å². The number of hydrogen-bond donors (Lipinski definition) is 0. The second-order valence-corrected chi connectivity index (χ2v) is 4.00. The number of benzene rings is 1. The Morgan fingerprint density at radius 1 is 1.38 bits per heavy atom. The third-order valence-corrected chi connectivity index (χ3v) is 2.89. The van der Waals surface area contributed by atoms with Crippen molar-refractivity contribution < 1.29 is 9.13 Å². The minimum atomic E-state index is -0.182. The lowest BCUT2D eigenvalue weighted by Gasteiger charge is -1.89. The predicted octanol–water partition coefficient (Wildman–Crippen LogP) is 3.19. The van der Waals surface area contributed by atoms with Crippen molar-refractivity contribution in [3.8, 4) is 0 Å². The molecule has 0 fully saturated rings. The summed E-state index contributed by atoms with van der Waals surface area (Å²) in [4.78, 5) is 1.13. The standard InChI is InChI=1S/C10H9FOS/c1-12-6-9-4-7-2-3-8(11)5-10(7)13-9/h2-5H,6H2,1H3. The van der Waals surface area contributed by atoms with Gasteiger partial charge in [-0.1, -0.05) is 6.07 Å². The van der Waals surface area contributed by atoms with Crippen LogP contribution in [0.25, 0.3) is 10.1 Å². The average Bonchev–Trinajstić information content (AvgIpc) is 2.46. The number of hydrogen-bond acceptors (Lipinski definition) is 2. The van der Waals surface area contributed by atoms with Crippen LogP contribution in [0.3, 0.4) is 0 Å². The van der Waals surface area contributed by atoms with Gasteiger partial charge in [0.25, 0.3) is 0 Å². The SMILES string of the molecule is COCc1cc2ccc(F)cc2s1. The summed E-state index contributed by atoms with van der Waals surface area (Å²) in [7, 11) is 1.66. The maximum absolute atomic E-state index is 12.8. The second-order valence-electron chi connectivity index (χ2n) is 2.83. The highest BCUT2D eigenvalue weighted by molar-refractivity contribution is 7.19. The first-order valence-corrected chi connectivity index (χ1v) is 4.78. The topological polar surface area (TPSA) is 9.23 Å². The van der Waals surface area contributed by atoms with Gasteiger partial charge in [0, 0.05) is 16.7 Å². The molecule has 13 heavy (non-hydrogen) atoms. The molecule has 0 atom stereocenters. The third-order valence-electron chi connectivity index (χ3n) is 1.82. The van der Waals surface area contributed by atoms with Crippen molar-refractivity contribution in [3.05, 3.63) is 35.0 Å². The molecule has 1 aromatic heterocycles. The highest BCUT2D eigenvalue weighted by atomic mass is 32.1. The normalized spacial score (nSPS) is 10.9. The summed E-state index contributed by atoms with van der Waals surface area (Å²) in [5.41, 5.74) is 0. The van der Waals surface area contributed by atoms with Crippen molar-refractivity contribution in [2.45, 2.75) is 6.61 Å². The molecule has 0 amide bonds. The van der Waals surface area contributed by atoms with Crippen molar-refractivity contribution in [2.24, 2.45) is 0 Å². The monoisotopic (exact) mass is 196 g/mol. The molecule has 2 aromatic rings. The molecular weight excluding hydrogens is 187 g/mol. The number of methoxy groups -OCH3 is 1. The summed E-state index contributed by atoms with van der Waals surface area (Å²) in [5, 5.41) is 1.08. The Hall–Kier alpha value is -0.930. The van der Waals surface area contributed by atoms with Crippen LogP contribution in [0, 0.1) is 5.82 Å². The Morgan fingerprint density at radius 3 is 3.00 bits per heavy atom. The molecule has 1 heterocycles. The molecule has 0 aliphatic rings. The van der Waals surface area contributed by atoms with Gasteiger partial charge in [0.2, 0.25) is 0 Å². The van der Waals surface area contributed by atoms with E-state index < -0.39 is 0 Å². The number of halogens is 1. The molecule has 0 bridgehead atoms. The van der Waals surface area contributed by atoms with Crippen LogP contribution in [0.4, 0.5) is 4.39 Å². The van der Waals surface area contributed by atoms with Crippen LogP contribution in [0.2, 0.25) is 0 Å². The maximum Gasteiger partial charge on any atom is 0.124 e. The zero-order chi connectivity index (χ0) is 9.26. The molecular formula is C10H9FOS. The molecule has 1 nitrogen and oxygen atoms in total. The molecule has 0 N–H and O–H groups in total. The first-order valence-electron chi connectivity index (χ1n) is 3.96. The molecule has 0 aliphatic heterocycles. The zero-order valence-corrected chi connectivity index (χ0v) is 8.03. The Balaban J connectivity index is 2.49. The maximum atomic E-state index is 12.8. The molecule has 3 heteroatoms. The van der Waals surface area contributed by atoms with Crippen LogP contribution in [0.5, 0.6) is 0 Å². The smallest absolute Gasteiger partial charge is 0.124 e. The van der Waals surface area contributed by atoms with Gasteiger partial charge in [0.15, 0.2) is 0 Å². The number of ether oxygens (including phenoxy) is 1. The van der Waals surface area contributed by atoms with Crippen molar-refractivity contribution in [1.29, 1.82) is 0 Å². The molecule has 0 aliphatic carbocycles. The number of fused-ring (bicyclic) bond motifs is 1. The first-order chi connectivity index (χ1) is 6.29. The fraction of sp³-hybridized carbons (Fsp3) is 0.200. The predicted molar refractivity (Wildman–Crippen MR) is 52.5 cm³/mol. The van der Waals surface area contributed by atoms with Gasteiger partial charge in [-0.2, -0.15) is 0 Å². The van der Waals surface area contributed by atoms with Crippen molar-refractivity contribution in [1.82, 2.24) is 0 Å². The van der Waals surface area contributed by atoms with E-state index in [1.807, 2.05) is 6.07 Å². The Kier molecular flexibility index (Phi) is 2.29. The van der Waals surface area contributed by atoms with Gasteiger partial charge in [0.1, 0.15) is 5.82 Å². The van der Waals surface area contributed by atoms with E-state index in [0.29, 0.717) is 6.61 Å². The van der Waals surface area contributed by atoms with Gasteiger partial charge in [-0.05, 0) is 23.6 Å². The molecule has 0 saturated heterocycles. The molecule has 68 valence electrons. The first kappa shape index (κ1) is 8.66. The van der Waals surface area contributed by atoms with Gasteiger partial charge in [-0.25, -0.2) is 4.39 Å². The van der Waals surface area contributed by atoms with E-state index in [-0.39, 0.29) is 5.82 Å². The van der Waals surface area contributed by atoms with E-state index in [9.17, 15) is 4.39 Å². The summed E-state index contributed by atoms with van der Waals surface area (Å²) in [6, 6.07) is 6.86. The molecule has 1 aromatic carbocycles. The molecule has 0 unspecified atom stereocenters. The second kappa shape index (κ2) is 3.44. The molecule has 2 rings (SSSR count). The largest absolute Gasteiger partial charge is 0.379 e. The van der Waals surface area contributed by atoms with Gasteiger partial charge in [0.05, 0.1) is 6.61 Å². The number of thiophene rings is 1. The van der Waals surface area contributed by atoms with Gasteiger partial charge in [-0.15, -0.1) is 11.3 Å². The van der Waals surface area contributed by atoms with Crippen LogP contribution in [0.15, 0.2) is 24.3 Å². The van der Waals surface area contributed by atoms with Crippen LogP contribution in [0.1, 0.15) is 4.88 Å². The van der Waals surface area contributed by atoms with E-state index in [1.54, 1.807) is 30.6 Å². The summed E-state index contributed by atoms with van der Waals surface area (Å²) in [6.45, 7) is 0.598. The van der Waals surface area contributed by atoms with E-state index >= 15 is 0 Å². The lowest BCUT2D eigenvalue weighted by Crippen LogP contribution is -1.79. The van der Waals surface area contributed by atoms with Crippen LogP contribution >= 0.6 is 11.3 Å². The summed E-state index contributed by atoms with van der Waals surface area (Å²) >= 11 is 1.57. The Labute approximate surface area is 79.8 Å². The van der Waals surface area contributed by atoms with E-state index in [1.165, 1.54) is 6.07 Å². The fourth-order valence-corrected chi connectivity index (χ4v) is 2.33. The molecule has 0 saturated carbocycles. The number of rotatable bonds is 2. The summed E-state index contributed by atoms with van der Waals surface area (Å²) in [5.74, 6) is -0.182. The summed E-state index contributed by atoms with van der Waals surface area (Å²) < 4.78 is 18.8. The van der Waals surface area contributed by atoms with Crippen molar-refractivity contribution >= 4 is 21.4 Å². The quantitative estimate of drug-likeness (QED) is 0.716. The van der Waals surface area contributed by atoms with E-state index in [4.69, 9.17) is 4.74 Å². The highest BCUT2D eigenvalue weighted by Gasteiger charge is 2.01. The van der Waals surface area contributed by atoms with Crippen molar-refractivity contribution in [3.63, 3.8) is 0 Å². The molecule has 0 radical (unpaired) electrons. The Bertz CT molecular complexity index is 422. The fourth-order valence-electron chi connectivity index (χ4n) is 1.27. The van der Waals surface area contributed by atoms with Crippen LogP contribution in [-0.2, 0) is 11.3 Å². The third kappa shape index (κ3) is 1.71. The lowest BCUT2D eigenvalue weighted by molar-refractivity contribution is 0.187. The minimum Gasteiger partial charge on any atom is -0.379 e. The lowest BCUT2D eigenvalue weighted by atomic mass is 10.2. The van der Waals surface area contributed by atoms with E-state index in [2.05, 4.69) is 0 Å². The van der Waals surface area contributed by atoms with Crippen molar-refractivity contribution in [2.75, 3.05) is 7.11 Å². The van der Waals surface area contributed by atoms with Gasteiger partial charge < -0.3 is 4.74 Å².